The standard InChI is InChI=1S/C27H26N6O4S/c1-4-14-32-17-20(16-28-32)24-23-13-15-33(38(35,36)22-11-5-18(2)6-12-22)25(23)31-27(30-24)29-21-9-7-19(8-10-21)26(34)37-3/h5-13,15-17H,4,14H2,1-3H3,(H,29,30,31). The molecule has 1 N–H and O–H groups in total. The summed E-state index contributed by atoms with van der Waals surface area (Å²) in [5.74, 6) is -0.250. The van der Waals surface area contributed by atoms with Crippen LogP contribution in [-0.2, 0) is 21.3 Å². The number of fused-ring (bicyclic) bond motifs is 1. The smallest absolute Gasteiger partial charge is 0.337 e. The lowest BCUT2D eigenvalue weighted by atomic mass is 10.2. The highest BCUT2D eigenvalue weighted by molar-refractivity contribution is 7.90. The zero-order valence-electron chi connectivity index (χ0n) is 21.1. The maximum absolute atomic E-state index is 13.6. The van der Waals surface area contributed by atoms with E-state index in [4.69, 9.17) is 9.72 Å². The van der Waals surface area contributed by atoms with Crippen LogP contribution in [0.4, 0.5) is 11.6 Å². The Hall–Kier alpha value is -4.51. The van der Waals surface area contributed by atoms with Crippen molar-refractivity contribution < 1.29 is 17.9 Å². The molecule has 0 unspecified atom stereocenters. The predicted octanol–water partition coefficient (Wildman–Crippen LogP) is 4.78. The molecule has 11 heteroatoms. The Balaban J connectivity index is 1.63. The van der Waals surface area contributed by atoms with E-state index in [-0.39, 0.29) is 16.5 Å². The van der Waals surface area contributed by atoms with Gasteiger partial charge in [-0.25, -0.2) is 22.2 Å². The molecular weight excluding hydrogens is 504 g/mol. The van der Waals surface area contributed by atoms with Crippen molar-refractivity contribution in [2.75, 3.05) is 12.4 Å². The second-order valence-electron chi connectivity index (χ2n) is 8.75. The maximum Gasteiger partial charge on any atom is 0.337 e. The average molecular weight is 531 g/mol. The van der Waals surface area contributed by atoms with Gasteiger partial charge in [0.25, 0.3) is 10.0 Å². The first kappa shape index (κ1) is 25.2. The van der Waals surface area contributed by atoms with Crippen LogP contribution in [0, 0.1) is 6.92 Å². The Kier molecular flexibility index (Phi) is 6.68. The van der Waals surface area contributed by atoms with Crippen LogP contribution in [0.1, 0.15) is 29.3 Å². The number of benzene rings is 2. The molecule has 0 saturated heterocycles. The molecule has 0 aliphatic carbocycles. The number of carbonyl (C=O) groups is 1. The normalized spacial score (nSPS) is 11.6. The van der Waals surface area contributed by atoms with E-state index in [0.29, 0.717) is 22.3 Å². The monoisotopic (exact) mass is 530 g/mol. The first-order chi connectivity index (χ1) is 18.3. The quantitative estimate of drug-likeness (QED) is 0.285. The van der Waals surface area contributed by atoms with Crippen LogP contribution in [0.25, 0.3) is 22.3 Å². The van der Waals surface area contributed by atoms with Gasteiger partial charge in [-0.2, -0.15) is 10.1 Å². The fourth-order valence-electron chi connectivity index (χ4n) is 4.06. The lowest BCUT2D eigenvalue weighted by Crippen LogP contribution is -2.13. The Morgan fingerprint density at radius 1 is 1.03 bits per heavy atom. The van der Waals surface area contributed by atoms with Crippen LogP contribution >= 0.6 is 0 Å². The van der Waals surface area contributed by atoms with Crippen molar-refractivity contribution in [2.45, 2.75) is 31.7 Å². The summed E-state index contributed by atoms with van der Waals surface area (Å²) in [5.41, 5.74) is 3.48. The highest BCUT2D eigenvalue weighted by atomic mass is 32.2. The Morgan fingerprint density at radius 3 is 2.45 bits per heavy atom. The first-order valence-corrected chi connectivity index (χ1v) is 13.4. The van der Waals surface area contributed by atoms with Crippen molar-refractivity contribution in [1.82, 2.24) is 23.7 Å². The lowest BCUT2D eigenvalue weighted by Gasteiger charge is -2.11. The second kappa shape index (κ2) is 10.1. The number of aromatic nitrogens is 5. The topological polar surface area (TPSA) is 121 Å². The third-order valence-electron chi connectivity index (χ3n) is 6.01. The summed E-state index contributed by atoms with van der Waals surface area (Å²) in [7, 11) is -2.60. The van der Waals surface area contributed by atoms with Crippen molar-refractivity contribution in [2.24, 2.45) is 0 Å². The van der Waals surface area contributed by atoms with Gasteiger partial charge in [0, 0.05) is 35.6 Å². The Labute approximate surface area is 220 Å². The highest BCUT2D eigenvalue weighted by Crippen LogP contribution is 2.31. The first-order valence-electron chi connectivity index (χ1n) is 12.0. The van der Waals surface area contributed by atoms with E-state index in [2.05, 4.69) is 22.3 Å². The number of hydrogen-bond donors (Lipinski definition) is 1. The molecule has 5 rings (SSSR count). The summed E-state index contributed by atoms with van der Waals surface area (Å²) in [6.45, 7) is 4.71. The molecule has 10 nitrogen and oxygen atoms in total. The van der Waals surface area contributed by atoms with Gasteiger partial charge in [0.2, 0.25) is 5.95 Å². The van der Waals surface area contributed by atoms with Crippen LogP contribution in [0.15, 0.2) is 78.1 Å². The molecule has 0 atom stereocenters. The Morgan fingerprint density at radius 2 is 1.76 bits per heavy atom. The molecule has 3 heterocycles. The van der Waals surface area contributed by atoms with Crippen LogP contribution in [-0.4, -0.2) is 45.2 Å². The van der Waals surface area contributed by atoms with Crippen molar-refractivity contribution >= 4 is 38.7 Å². The van der Waals surface area contributed by atoms with Gasteiger partial charge < -0.3 is 10.1 Å². The fraction of sp³-hybridized carbons (Fsp3) is 0.185. The molecule has 194 valence electrons. The van der Waals surface area contributed by atoms with E-state index >= 15 is 0 Å². The molecule has 0 radical (unpaired) electrons. The van der Waals surface area contributed by atoms with Gasteiger partial charge in [0.1, 0.15) is 0 Å². The van der Waals surface area contributed by atoms with Crippen molar-refractivity contribution in [3.8, 4) is 11.3 Å². The predicted molar refractivity (Wildman–Crippen MR) is 144 cm³/mol. The van der Waals surface area contributed by atoms with Crippen LogP contribution in [0.3, 0.4) is 0 Å². The third-order valence-corrected chi connectivity index (χ3v) is 7.69. The lowest BCUT2D eigenvalue weighted by molar-refractivity contribution is 0.0600. The van der Waals surface area contributed by atoms with Crippen LogP contribution in [0.2, 0.25) is 0 Å². The molecule has 0 fully saturated rings. The second-order valence-corrected chi connectivity index (χ2v) is 10.6. The molecule has 0 amide bonds. The SMILES string of the molecule is CCCn1cc(-c2nc(Nc3ccc(C(=O)OC)cc3)nc3c2ccn3S(=O)(=O)c2ccc(C)cc2)cn1. The molecule has 5 aromatic rings. The summed E-state index contributed by atoms with van der Waals surface area (Å²) >= 11 is 0. The molecule has 0 aliphatic rings. The third kappa shape index (κ3) is 4.75. The number of hydrogen-bond acceptors (Lipinski definition) is 8. The maximum atomic E-state index is 13.6. The van der Waals surface area contributed by atoms with E-state index in [1.807, 2.05) is 17.8 Å². The number of aryl methyl sites for hydroxylation is 2. The summed E-state index contributed by atoms with van der Waals surface area (Å²) in [6.07, 6.45) is 5.99. The van der Waals surface area contributed by atoms with Gasteiger partial charge in [-0.3, -0.25) is 4.68 Å². The molecule has 0 spiro atoms. The van der Waals surface area contributed by atoms with Gasteiger partial charge in [-0.1, -0.05) is 24.6 Å². The molecule has 0 saturated carbocycles. The van der Waals surface area contributed by atoms with Crippen LogP contribution in [0.5, 0.6) is 0 Å². The van der Waals surface area contributed by atoms with E-state index in [9.17, 15) is 13.2 Å². The van der Waals surface area contributed by atoms with E-state index < -0.39 is 16.0 Å². The van der Waals surface area contributed by atoms with Gasteiger partial charge in [0.15, 0.2) is 5.65 Å². The molecule has 0 aliphatic heterocycles. The number of ether oxygens (including phenoxy) is 1. The number of anilines is 2. The molecular formula is C27H26N6O4S. The zero-order valence-corrected chi connectivity index (χ0v) is 21.9. The van der Waals surface area contributed by atoms with Gasteiger partial charge >= 0.3 is 5.97 Å². The number of methoxy groups -OCH3 is 1. The number of rotatable bonds is 8. The molecule has 2 aromatic carbocycles. The Bertz CT molecular complexity index is 1720. The number of nitrogens with zero attached hydrogens (tertiary/aromatic N) is 5. The van der Waals surface area contributed by atoms with Gasteiger partial charge in [-0.15, -0.1) is 0 Å². The van der Waals surface area contributed by atoms with E-state index in [0.717, 1.165) is 24.1 Å². The zero-order chi connectivity index (χ0) is 26.9. The van der Waals surface area contributed by atoms with Crippen molar-refractivity contribution in [3.63, 3.8) is 0 Å². The summed E-state index contributed by atoms with van der Waals surface area (Å²) in [6, 6.07) is 15.0. The minimum atomic E-state index is -3.92. The fourth-order valence-corrected chi connectivity index (χ4v) is 5.35. The van der Waals surface area contributed by atoms with Crippen LogP contribution < -0.4 is 5.32 Å². The average Bonchev–Trinajstić information content (AvgIpc) is 3.56. The summed E-state index contributed by atoms with van der Waals surface area (Å²) in [4.78, 5) is 21.2. The number of nitrogens with one attached hydrogen (secondary N) is 1. The number of esters is 1. The summed E-state index contributed by atoms with van der Waals surface area (Å²) in [5, 5.41) is 8.12. The molecule has 0 bridgehead atoms. The molecule has 3 aromatic heterocycles. The van der Waals surface area contributed by atoms with Gasteiger partial charge in [-0.05, 0) is 55.8 Å². The minimum absolute atomic E-state index is 0.157. The van der Waals surface area contributed by atoms with E-state index in [1.165, 1.54) is 17.3 Å². The van der Waals surface area contributed by atoms with Crippen molar-refractivity contribution in [3.05, 3.63) is 84.3 Å². The number of carbonyl (C=O) groups excluding carboxylic acids is 1. The molecule has 38 heavy (non-hydrogen) atoms. The summed E-state index contributed by atoms with van der Waals surface area (Å²) < 4.78 is 34.9. The van der Waals surface area contributed by atoms with Gasteiger partial charge in [0.05, 0.1) is 29.5 Å². The van der Waals surface area contributed by atoms with E-state index in [1.54, 1.807) is 60.8 Å². The van der Waals surface area contributed by atoms with Crippen molar-refractivity contribution in [1.29, 1.82) is 0 Å². The minimum Gasteiger partial charge on any atom is -0.465 e. The highest BCUT2D eigenvalue weighted by Gasteiger charge is 2.23. The largest absolute Gasteiger partial charge is 0.465 e.